The molecule has 3 amide bonds. The Bertz CT molecular complexity index is 1620. The van der Waals surface area contributed by atoms with E-state index in [2.05, 4.69) is 5.32 Å². The Kier molecular flexibility index (Phi) is 11.3. The van der Waals surface area contributed by atoms with E-state index in [1.165, 1.54) is 23.1 Å². The summed E-state index contributed by atoms with van der Waals surface area (Å²) in [5.41, 5.74) is 13.4. The molecule has 0 spiro atoms. The van der Waals surface area contributed by atoms with Crippen molar-refractivity contribution >= 4 is 39.3 Å². The van der Waals surface area contributed by atoms with Crippen molar-refractivity contribution in [3.05, 3.63) is 95.6 Å². The number of benzene rings is 3. The fourth-order valence-corrected chi connectivity index (χ4v) is 6.60. The largest absolute Gasteiger partial charge is 0.445 e. The molecule has 1 fully saturated rings. The van der Waals surface area contributed by atoms with Crippen molar-refractivity contribution < 1.29 is 27.5 Å². The lowest BCUT2D eigenvalue weighted by atomic mass is 9.97. The molecule has 3 aromatic rings. The van der Waals surface area contributed by atoms with Crippen LogP contribution in [0.4, 0.5) is 10.5 Å². The average molecular weight is 635 g/mol. The number of amides is 3. The zero-order chi connectivity index (χ0) is 32.4. The van der Waals surface area contributed by atoms with Crippen LogP contribution >= 0.6 is 0 Å². The number of nitrogens with zero attached hydrogens (tertiary/aromatic N) is 2. The molecule has 6 N–H and O–H groups in total. The highest BCUT2D eigenvalue weighted by atomic mass is 32.2. The molecule has 0 radical (unpaired) electrons. The maximum Gasteiger partial charge on any atom is 0.410 e. The van der Waals surface area contributed by atoms with Crippen LogP contribution in [0.2, 0.25) is 0 Å². The zero-order valence-corrected chi connectivity index (χ0v) is 25.7. The molecular formula is C32H38N6O6S. The molecule has 0 bridgehead atoms. The monoisotopic (exact) mass is 634 g/mol. The van der Waals surface area contributed by atoms with Crippen LogP contribution in [0.3, 0.4) is 0 Å². The van der Waals surface area contributed by atoms with E-state index in [1.807, 2.05) is 30.3 Å². The Morgan fingerprint density at radius 3 is 2.24 bits per heavy atom. The minimum atomic E-state index is -3.99. The van der Waals surface area contributed by atoms with Crippen molar-refractivity contribution in [2.75, 3.05) is 43.8 Å². The highest BCUT2D eigenvalue weighted by Gasteiger charge is 2.33. The molecule has 45 heavy (non-hydrogen) atoms. The van der Waals surface area contributed by atoms with Crippen LogP contribution in [0.25, 0.3) is 0 Å². The van der Waals surface area contributed by atoms with Gasteiger partial charge in [0.25, 0.3) is 0 Å². The van der Waals surface area contributed by atoms with E-state index >= 15 is 0 Å². The van der Waals surface area contributed by atoms with E-state index in [-0.39, 0.29) is 74.7 Å². The number of sulfone groups is 1. The number of piperazine rings is 1. The van der Waals surface area contributed by atoms with E-state index in [0.717, 1.165) is 5.56 Å². The Labute approximate surface area is 262 Å². The number of rotatable bonds is 12. The number of nitrogens with one attached hydrogen (secondary N) is 2. The first kappa shape index (κ1) is 33.1. The minimum Gasteiger partial charge on any atom is -0.445 e. The number of carbonyl (C=O) groups is 3. The van der Waals surface area contributed by atoms with Gasteiger partial charge in [-0.3, -0.25) is 15.0 Å². The van der Waals surface area contributed by atoms with E-state index in [9.17, 15) is 22.8 Å². The van der Waals surface area contributed by atoms with E-state index in [0.29, 0.717) is 16.8 Å². The Balaban J connectivity index is 1.48. The highest BCUT2D eigenvalue weighted by Crippen LogP contribution is 2.23. The fourth-order valence-electron chi connectivity index (χ4n) is 5.03. The number of ether oxygens (including phenoxy) is 1. The molecule has 13 heteroatoms. The molecule has 0 unspecified atom stereocenters. The first-order valence-corrected chi connectivity index (χ1v) is 16.2. The fraction of sp³-hybridized carbons (Fsp3) is 0.312. The van der Waals surface area contributed by atoms with Gasteiger partial charge in [0.2, 0.25) is 11.8 Å². The van der Waals surface area contributed by atoms with Crippen molar-refractivity contribution in [3.63, 3.8) is 0 Å². The van der Waals surface area contributed by atoms with Gasteiger partial charge in [-0.25, -0.2) is 13.2 Å². The topological polar surface area (TPSA) is 189 Å². The summed E-state index contributed by atoms with van der Waals surface area (Å²) in [6, 6.07) is 22.0. The lowest BCUT2D eigenvalue weighted by molar-refractivity contribution is -0.136. The molecule has 0 aromatic heterocycles. The second kappa shape index (κ2) is 15.3. The van der Waals surface area contributed by atoms with Gasteiger partial charge in [0.15, 0.2) is 9.84 Å². The summed E-state index contributed by atoms with van der Waals surface area (Å²) in [6.45, 7) is 1.20. The summed E-state index contributed by atoms with van der Waals surface area (Å²) in [4.78, 5) is 41.6. The minimum absolute atomic E-state index is 0.0330. The molecule has 4 rings (SSSR count). The third kappa shape index (κ3) is 9.37. The predicted molar refractivity (Wildman–Crippen MR) is 170 cm³/mol. The van der Waals surface area contributed by atoms with Crippen LogP contribution in [0, 0.1) is 11.3 Å². The molecule has 1 atom stereocenters. The van der Waals surface area contributed by atoms with Crippen LogP contribution in [0.5, 0.6) is 0 Å². The summed E-state index contributed by atoms with van der Waals surface area (Å²) in [7, 11) is -3.99. The van der Waals surface area contributed by atoms with Crippen molar-refractivity contribution in [2.45, 2.75) is 24.3 Å². The lowest BCUT2D eigenvalue weighted by Crippen LogP contribution is -2.52. The number of nitrogen functional groups attached to an aromatic ring is 1. The molecule has 1 saturated heterocycles. The Hall–Kier alpha value is -4.75. The van der Waals surface area contributed by atoms with Crippen molar-refractivity contribution in [1.29, 1.82) is 5.41 Å². The predicted octanol–water partition coefficient (Wildman–Crippen LogP) is 2.37. The Morgan fingerprint density at radius 2 is 1.56 bits per heavy atom. The van der Waals surface area contributed by atoms with Crippen molar-refractivity contribution in [2.24, 2.45) is 17.4 Å². The summed E-state index contributed by atoms with van der Waals surface area (Å²) < 4.78 is 32.8. The zero-order valence-electron chi connectivity index (χ0n) is 24.9. The van der Waals surface area contributed by atoms with E-state index in [4.69, 9.17) is 21.6 Å². The first-order valence-electron chi connectivity index (χ1n) is 14.6. The van der Waals surface area contributed by atoms with Crippen molar-refractivity contribution in [1.82, 2.24) is 9.80 Å². The van der Waals surface area contributed by atoms with Crippen molar-refractivity contribution in [3.8, 4) is 0 Å². The van der Waals surface area contributed by atoms with E-state index in [1.54, 1.807) is 35.2 Å². The highest BCUT2D eigenvalue weighted by molar-refractivity contribution is 7.91. The number of nitrogens with two attached hydrogens (primary N) is 2. The van der Waals surface area contributed by atoms with Gasteiger partial charge < -0.3 is 31.3 Å². The maximum absolute atomic E-state index is 13.9. The van der Waals surface area contributed by atoms with Crippen LogP contribution < -0.4 is 16.8 Å². The van der Waals surface area contributed by atoms with E-state index < -0.39 is 27.6 Å². The van der Waals surface area contributed by atoms with Gasteiger partial charge in [-0.2, -0.15) is 0 Å². The number of hydrogen-bond donors (Lipinski definition) is 4. The third-order valence-corrected chi connectivity index (χ3v) is 9.21. The van der Waals surface area contributed by atoms with Gasteiger partial charge in [0.05, 0.1) is 16.6 Å². The van der Waals surface area contributed by atoms with Crippen LogP contribution in [0.15, 0.2) is 83.8 Å². The standard InChI is InChI=1S/C32H38N6O6S/c33-13-12-29(39)36-27-10-5-11-28(20-27)45(42,43)22-26(19-24-8-4-9-25(18-24)30(34)35)31(40)37-14-16-38(17-15-37)32(41)44-21-23-6-2-1-3-7-23/h1-11,18,20,26H,12-17,19,21-22,33H2,(H3,34,35)(H,36,39)/t26-/m1/s1. The van der Waals surface area contributed by atoms with Gasteiger partial charge in [0, 0.05) is 50.4 Å². The van der Waals surface area contributed by atoms with Crippen LogP contribution in [0.1, 0.15) is 23.1 Å². The normalized spacial score (nSPS) is 14.0. The maximum atomic E-state index is 13.9. The summed E-state index contributed by atoms with van der Waals surface area (Å²) >= 11 is 0. The van der Waals surface area contributed by atoms with Gasteiger partial charge in [-0.15, -0.1) is 0 Å². The van der Waals surface area contributed by atoms with Gasteiger partial charge in [0.1, 0.15) is 12.4 Å². The molecule has 3 aromatic carbocycles. The van der Waals surface area contributed by atoms with Gasteiger partial charge >= 0.3 is 6.09 Å². The van der Waals surface area contributed by atoms with Gasteiger partial charge in [-0.05, 0) is 41.8 Å². The SMILES string of the molecule is N=C(N)c1cccc(C[C@H](CS(=O)(=O)c2cccc(NC(=O)CCN)c2)C(=O)N2CCN(C(=O)OCc3ccccc3)CC2)c1. The molecular weight excluding hydrogens is 596 g/mol. The summed E-state index contributed by atoms with van der Waals surface area (Å²) in [5.74, 6) is -2.30. The summed E-state index contributed by atoms with van der Waals surface area (Å²) in [5, 5.41) is 10.4. The molecule has 238 valence electrons. The van der Waals surface area contributed by atoms with Crippen LogP contribution in [-0.2, 0) is 37.2 Å². The number of hydrogen-bond acceptors (Lipinski definition) is 8. The molecule has 12 nitrogen and oxygen atoms in total. The molecule has 0 aliphatic carbocycles. The second-order valence-electron chi connectivity index (χ2n) is 10.8. The third-order valence-electron chi connectivity index (χ3n) is 7.39. The average Bonchev–Trinajstić information content (AvgIpc) is 3.04. The number of carbonyl (C=O) groups excluding carboxylic acids is 3. The molecule has 1 heterocycles. The second-order valence-corrected chi connectivity index (χ2v) is 12.8. The molecule has 1 aliphatic heterocycles. The molecule has 1 aliphatic rings. The van der Waals surface area contributed by atoms with Crippen LogP contribution in [-0.4, -0.2) is 80.4 Å². The lowest BCUT2D eigenvalue weighted by Gasteiger charge is -2.36. The number of anilines is 1. The van der Waals surface area contributed by atoms with Gasteiger partial charge in [-0.1, -0.05) is 54.6 Å². The smallest absolute Gasteiger partial charge is 0.410 e. The molecule has 0 saturated carbocycles. The quantitative estimate of drug-likeness (QED) is 0.173. The number of amidine groups is 1. The summed E-state index contributed by atoms with van der Waals surface area (Å²) in [6.07, 6.45) is -0.305. The Morgan fingerprint density at radius 1 is 0.889 bits per heavy atom. The first-order chi connectivity index (χ1) is 21.6.